The minimum atomic E-state index is -1.02. The molecule has 0 atom stereocenters. The van der Waals surface area contributed by atoms with Crippen LogP contribution in [0.2, 0.25) is 5.02 Å². The zero-order valence-corrected chi connectivity index (χ0v) is 11.8. The normalized spacial score (nSPS) is 10.4. The van der Waals surface area contributed by atoms with Crippen LogP contribution in [0.4, 0.5) is 5.69 Å². The second-order valence-corrected chi connectivity index (χ2v) is 5.65. The summed E-state index contributed by atoms with van der Waals surface area (Å²) in [4.78, 5) is 12.9. The van der Waals surface area contributed by atoms with Gasteiger partial charge in [-0.05, 0) is 42.8 Å². The van der Waals surface area contributed by atoms with Gasteiger partial charge in [0.15, 0.2) is 0 Å². The highest BCUT2D eigenvalue weighted by molar-refractivity contribution is 7.99. The van der Waals surface area contributed by atoms with Crippen LogP contribution in [-0.4, -0.2) is 11.1 Å². The Morgan fingerprint density at radius 3 is 2.63 bits per heavy atom. The minimum Gasteiger partial charge on any atom is -0.478 e. The van der Waals surface area contributed by atoms with Crippen molar-refractivity contribution < 1.29 is 9.90 Å². The van der Waals surface area contributed by atoms with E-state index in [0.29, 0.717) is 10.7 Å². The molecule has 0 aliphatic heterocycles. The van der Waals surface area contributed by atoms with E-state index in [4.69, 9.17) is 22.4 Å². The van der Waals surface area contributed by atoms with Crippen LogP contribution in [0.25, 0.3) is 0 Å². The van der Waals surface area contributed by atoms with Crippen LogP contribution in [0.15, 0.2) is 46.2 Å². The van der Waals surface area contributed by atoms with Crippen molar-refractivity contribution in [1.29, 1.82) is 0 Å². The van der Waals surface area contributed by atoms with Crippen molar-refractivity contribution in [1.82, 2.24) is 0 Å². The van der Waals surface area contributed by atoms with E-state index in [2.05, 4.69) is 0 Å². The fourth-order valence-corrected chi connectivity index (χ4v) is 2.94. The Morgan fingerprint density at radius 2 is 2.00 bits per heavy atom. The molecule has 0 aromatic heterocycles. The number of carboxylic acids is 1. The summed E-state index contributed by atoms with van der Waals surface area (Å²) in [6, 6.07) is 10.8. The zero-order valence-electron chi connectivity index (χ0n) is 10.2. The van der Waals surface area contributed by atoms with Gasteiger partial charge < -0.3 is 10.8 Å². The lowest BCUT2D eigenvalue weighted by molar-refractivity contribution is 0.0697. The number of halogens is 1. The molecule has 0 bridgehead atoms. The molecule has 0 aliphatic rings. The van der Waals surface area contributed by atoms with Crippen molar-refractivity contribution in [2.75, 3.05) is 5.73 Å². The second kappa shape index (κ2) is 5.55. The maximum Gasteiger partial charge on any atom is 0.337 e. The molecule has 5 heteroatoms. The zero-order chi connectivity index (χ0) is 14.0. The third-order valence-electron chi connectivity index (χ3n) is 2.62. The number of aryl methyl sites for hydroxylation is 1. The molecule has 0 spiro atoms. The molecular formula is C14H12ClNO2S. The summed E-state index contributed by atoms with van der Waals surface area (Å²) in [6.45, 7) is 1.80. The van der Waals surface area contributed by atoms with Crippen LogP contribution < -0.4 is 5.73 Å². The Morgan fingerprint density at radius 1 is 1.26 bits per heavy atom. The fourth-order valence-electron chi connectivity index (χ4n) is 1.67. The van der Waals surface area contributed by atoms with Crippen LogP contribution in [0.5, 0.6) is 0 Å². The van der Waals surface area contributed by atoms with Gasteiger partial charge in [-0.15, -0.1) is 0 Å². The lowest BCUT2D eigenvalue weighted by Crippen LogP contribution is -2.04. The van der Waals surface area contributed by atoms with Gasteiger partial charge in [0.25, 0.3) is 0 Å². The quantitative estimate of drug-likeness (QED) is 0.837. The highest BCUT2D eigenvalue weighted by Crippen LogP contribution is 2.32. The fraction of sp³-hybridized carbons (Fsp3) is 0.0714. The summed E-state index contributed by atoms with van der Waals surface area (Å²) in [7, 11) is 0. The molecule has 0 aliphatic carbocycles. The number of aromatic carboxylic acids is 1. The summed E-state index contributed by atoms with van der Waals surface area (Å²) in [6.07, 6.45) is 0. The maximum absolute atomic E-state index is 11.1. The molecule has 0 saturated carbocycles. The summed E-state index contributed by atoms with van der Waals surface area (Å²) in [5, 5.41) is 9.76. The average Bonchev–Trinajstić information content (AvgIpc) is 2.33. The third kappa shape index (κ3) is 3.22. The molecule has 19 heavy (non-hydrogen) atoms. The van der Waals surface area contributed by atoms with Gasteiger partial charge in [-0.1, -0.05) is 29.4 Å². The molecule has 3 nitrogen and oxygen atoms in total. The van der Waals surface area contributed by atoms with Crippen molar-refractivity contribution in [3.63, 3.8) is 0 Å². The smallest absolute Gasteiger partial charge is 0.337 e. The Kier molecular flexibility index (Phi) is 4.02. The second-order valence-electron chi connectivity index (χ2n) is 4.07. The van der Waals surface area contributed by atoms with Crippen LogP contribution in [0.3, 0.4) is 0 Å². The van der Waals surface area contributed by atoms with Gasteiger partial charge in [0.1, 0.15) is 0 Å². The van der Waals surface area contributed by atoms with Gasteiger partial charge in [-0.3, -0.25) is 0 Å². The number of nitrogen functional groups attached to an aromatic ring is 1. The molecule has 0 radical (unpaired) electrons. The molecule has 0 unspecified atom stereocenters. The monoisotopic (exact) mass is 293 g/mol. The average molecular weight is 294 g/mol. The third-order valence-corrected chi connectivity index (χ3v) is 3.82. The van der Waals surface area contributed by atoms with Crippen molar-refractivity contribution in [2.24, 2.45) is 0 Å². The first-order valence-corrected chi connectivity index (χ1v) is 6.73. The van der Waals surface area contributed by atoms with Gasteiger partial charge in [-0.25, -0.2) is 4.79 Å². The van der Waals surface area contributed by atoms with Gasteiger partial charge >= 0.3 is 5.97 Å². The predicted molar refractivity (Wildman–Crippen MR) is 78.1 cm³/mol. The standard InChI is InChI=1S/C14H12ClNO2S/c1-8-5-11(7-12(13(8)16)14(17)18)19-10-4-2-3-9(15)6-10/h2-7H,16H2,1H3,(H,17,18). The van der Waals surface area contributed by atoms with Crippen molar-refractivity contribution in [2.45, 2.75) is 16.7 Å². The molecule has 0 amide bonds. The number of anilines is 1. The molecule has 3 N–H and O–H groups in total. The van der Waals surface area contributed by atoms with E-state index < -0.39 is 5.97 Å². The van der Waals surface area contributed by atoms with Crippen molar-refractivity contribution >= 4 is 35.0 Å². The van der Waals surface area contributed by atoms with E-state index in [1.54, 1.807) is 19.1 Å². The van der Waals surface area contributed by atoms with Gasteiger partial charge in [0, 0.05) is 20.5 Å². The van der Waals surface area contributed by atoms with Crippen LogP contribution in [0.1, 0.15) is 15.9 Å². The molecular weight excluding hydrogens is 282 g/mol. The summed E-state index contributed by atoms with van der Waals surface area (Å²) in [5.74, 6) is -1.02. The number of rotatable bonds is 3. The Hall–Kier alpha value is -1.65. The first kappa shape index (κ1) is 13.8. The van der Waals surface area contributed by atoms with Crippen LogP contribution in [-0.2, 0) is 0 Å². The minimum absolute atomic E-state index is 0.129. The molecule has 0 saturated heterocycles. The number of hydrogen-bond donors (Lipinski definition) is 2. The first-order valence-electron chi connectivity index (χ1n) is 5.54. The van der Waals surface area contributed by atoms with Crippen molar-refractivity contribution in [3.05, 3.63) is 52.5 Å². The number of nitrogens with two attached hydrogens (primary N) is 1. The van der Waals surface area contributed by atoms with E-state index in [-0.39, 0.29) is 5.56 Å². The van der Waals surface area contributed by atoms with Gasteiger partial charge in [-0.2, -0.15) is 0 Å². The Balaban J connectivity index is 2.38. The molecule has 2 rings (SSSR count). The van der Waals surface area contributed by atoms with E-state index in [9.17, 15) is 4.79 Å². The van der Waals surface area contributed by atoms with E-state index >= 15 is 0 Å². The van der Waals surface area contributed by atoms with Crippen LogP contribution in [0, 0.1) is 6.92 Å². The largest absolute Gasteiger partial charge is 0.478 e. The Bertz CT molecular complexity index is 643. The number of carboxylic acid groups (broad SMARTS) is 1. The van der Waals surface area contributed by atoms with E-state index in [1.165, 1.54) is 11.8 Å². The number of hydrogen-bond acceptors (Lipinski definition) is 3. The predicted octanol–water partition coefficient (Wildman–Crippen LogP) is 4.08. The summed E-state index contributed by atoms with van der Waals surface area (Å²) < 4.78 is 0. The maximum atomic E-state index is 11.1. The lowest BCUT2D eigenvalue weighted by atomic mass is 10.1. The lowest BCUT2D eigenvalue weighted by Gasteiger charge is -2.09. The number of carbonyl (C=O) groups is 1. The highest BCUT2D eigenvalue weighted by atomic mass is 35.5. The SMILES string of the molecule is Cc1cc(Sc2cccc(Cl)c2)cc(C(=O)O)c1N. The highest BCUT2D eigenvalue weighted by Gasteiger charge is 2.12. The molecule has 2 aromatic rings. The summed E-state index contributed by atoms with van der Waals surface area (Å²) in [5.41, 5.74) is 6.95. The van der Waals surface area contributed by atoms with Gasteiger partial charge in [0.05, 0.1) is 5.56 Å². The van der Waals surface area contributed by atoms with Crippen LogP contribution >= 0.6 is 23.4 Å². The van der Waals surface area contributed by atoms with E-state index in [1.807, 2.05) is 24.3 Å². The van der Waals surface area contributed by atoms with E-state index in [0.717, 1.165) is 15.4 Å². The first-order chi connectivity index (χ1) is 8.97. The molecule has 0 fully saturated rings. The van der Waals surface area contributed by atoms with Crippen molar-refractivity contribution in [3.8, 4) is 0 Å². The number of benzene rings is 2. The molecule has 0 heterocycles. The molecule has 98 valence electrons. The Labute approximate surface area is 120 Å². The molecule has 2 aromatic carbocycles. The topological polar surface area (TPSA) is 63.3 Å². The van der Waals surface area contributed by atoms with Gasteiger partial charge in [0.2, 0.25) is 0 Å². The summed E-state index contributed by atoms with van der Waals surface area (Å²) >= 11 is 7.37.